The second-order valence-electron chi connectivity index (χ2n) is 5.92. The molecule has 0 bridgehead atoms. The molecule has 0 fully saturated rings. The van der Waals surface area contributed by atoms with Gasteiger partial charge in [-0.3, -0.25) is 9.59 Å². The Morgan fingerprint density at radius 2 is 1.68 bits per heavy atom. The number of hydrogen-bond donors (Lipinski definition) is 1. The average molecular weight is 342 g/mol. The predicted molar refractivity (Wildman–Crippen MR) is 95.2 cm³/mol. The van der Waals surface area contributed by atoms with Crippen molar-refractivity contribution < 1.29 is 14.0 Å². The maximum absolute atomic E-state index is 13.1. The van der Waals surface area contributed by atoms with E-state index in [1.807, 2.05) is 30.3 Å². The van der Waals surface area contributed by atoms with Crippen molar-refractivity contribution in [3.05, 3.63) is 71.5 Å². The molecule has 1 N–H and O–H groups in total. The van der Waals surface area contributed by atoms with Crippen LogP contribution in [0.4, 0.5) is 4.39 Å². The Hall–Kier alpha value is -2.69. The van der Waals surface area contributed by atoms with E-state index in [4.69, 9.17) is 0 Å². The average Bonchev–Trinajstić information content (AvgIpc) is 2.65. The summed E-state index contributed by atoms with van der Waals surface area (Å²) in [4.78, 5) is 26.3. The van der Waals surface area contributed by atoms with Crippen molar-refractivity contribution >= 4 is 11.8 Å². The molecule has 132 valence electrons. The van der Waals surface area contributed by atoms with Crippen LogP contribution in [0.3, 0.4) is 0 Å². The first kappa shape index (κ1) is 18.6. The van der Waals surface area contributed by atoms with Crippen LogP contribution in [0.15, 0.2) is 54.6 Å². The molecule has 0 heterocycles. The monoisotopic (exact) mass is 342 g/mol. The molecule has 0 unspecified atom stereocenters. The minimum absolute atomic E-state index is 0.107. The summed E-state index contributed by atoms with van der Waals surface area (Å²) in [6.07, 6.45) is 0.923. The van der Waals surface area contributed by atoms with E-state index in [2.05, 4.69) is 5.32 Å². The van der Waals surface area contributed by atoms with Gasteiger partial charge in [-0.2, -0.15) is 0 Å². The highest BCUT2D eigenvalue weighted by Gasteiger charge is 2.25. The van der Waals surface area contributed by atoms with Crippen molar-refractivity contribution in [2.75, 3.05) is 7.05 Å². The molecule has 0 aliphatic carbocycles. The standard InChI is InChI=1S/C20H23FN2O2/c1-15(20(25)22-2)23(14-17-8-11-18(21)12-9-17)19(24)13-10-16-6-4-3-5-7-16/h3-9,11-12,15H,10,13-14H2,1-2H3,(H,22,25)/t15-/m1/s1. The van der Waals surface area contributed by atoms with Gasteiger partial charge >= 0.3 is 0 Å². The van der Waals surface area contributed by atoms with Crippen LogP contribution < -0.4 is 5.32 Å². The third-order valence-corrected chi connectivity index (χ3v) is 4.15. The molecule has 0 aliphatic rings. The van der Waals surface area contributed by atoms with E-state index in [-0.39, 0.29) is 24.2 Å². The molecule has 5 heteroatoms. The normalized spacial score (nSPS) is 11.6. The lowest BCUT2D eigenvalue weighted by molar-refractivity contribution is -0.140. The molecule has 0 radical (unpaired) electrons. The predicted octanol–water partition coefficient (Wildman–Crippen LogP) is 2.92. The van der Waals surface area contributed by atoms with Gasteiger partial charge in [-0.15, -0.1) is 0 Å². The van der Waals surface area contributed by atoms with Crippen LogP contribution in [0.2, 0.25) is 0 Å². The summed E-state index contributed by atoms with van der Waals surface area (Å²) in [5, 5.41) is 2.58. The van der Waals surface area contributed by atoms with Crippen LogP contribution in [-0.4, -0.2) is 29.8 Å². The fourth-order valence-electron chi connectivity index (χ4n) is 2.62. The maximum Gasteiger partial charge on any atom is 0.242 e. The van der Waals surface area contributed by atoms with Gasteiger partial charge in [0.1, 0.15) is 11.9 Å². The molecule has 2 aromatic rings. The lowest BCUT2D eigenvalue weighted by atomic mass is 10.1. The number of carbonyl (C=O) groups is 2. The van der Waals surface area contributed by atoms with Crippen LogP contribution in [0.25, 0.3) is 0 Å². The highest BCUT2D eigenvalue weighted by molar-refractivity contribution is 5.87. The number of likely N-dealkylation sites (N-methyl/N-ethyl adjacent to an activating group) is 1. The SMILES string of the molecule is CNC(=O)[C@@H](C)N(Cc1ccc(F)cc1)C(=O)CCc1ccccc1. The first-order valence-electron chi connectivity index (χ1n) is 8.30. The molecule has 0 aliphatic heterocycles. The quantitative estimate of drug-likeness (QED) is 0.841. The van der Waals surface area contributed by atoms with Crippen molar-refractivity contribution in [3.63, 3.8) is 0 Å². The largest absolute Gasteiger partial charge is 0.357 e. The number of halogens is 1. The lowest BCUT2D eigenvalue weighted by Crippen LogP contribution is -2.46. The van der Waals surface area contributed by atoms with Gasteiger partial charge in [-0.05, 0) is 36.6 Å². The number of nitrogens with one attached hydrogen (secondary N) is 1. The molecule has 2 rings (SSSR count). The molecule has 0 saturated carbocycles. The summed E-state index contributed by atoms with van der Waals surface area (Å²) in [7, 11) is 1.54. The Morgan fingerprint density at radius 3 is 2.28 bits per heavy atom. The summed E-state index contributed by atoms with van der Waals surface area (Å²) in [5.41, 5.74) is 1.86. The zero-order valence-electron chi connectivity index (χ0n) is 14.5. The number of hydrogen-bond acceptors (Lipinski definition) is 2. The van der Waals surface area contributed by atoms with Crippen LogP contribution >= 0.6 is 0 Å². The first-order valence-corrected chi connectivity index (χ1v) is 8.30. The molecule has 25 heavy (non-hydrogen) atoms. The van der Waals surface area contributed by atoms with E-state index in [1.54, 1.807) is 26.1 Å². The molecule has 2 aromatic carbocycles. The molecule has 1 atom stereocenters. The fourth-order valence-corrected chi connectivity index (χ4v) is 2.62. The van der Waals surface area contributed by atoms with Gasteiger partial charge in [-0.1, -0.05) is 42.5 Å². The van der Waals surface area contributed by atoms with E-state index < -0.39 is 6.04 Å². The number of rotatable bonds is 7. The molecule has 0 aromatic heterocycles. The second kappa shape index (κ2) is 8.97. The van der Waals surface area contributed by atoms with E-state index >= 15 is 0 Å². The van der Waals surface area contributed by atoms with E-state index in [0.717, 1.165) is 11.1 Å². The van der Waals surface area contributed by atoms with E-state index in [9.17, 15) is 14.0 Å². The molecular formula is C20H23FN2O2. The number of amides is 2. The highest BCUT2D eigenvalue weighted by atomic mass is 19.1. The minimum atomic E-state index is -0.599. The van der Waals surface area contributed by atoms with Crippen molar-refractivity contribution in [1.29, 1.82) is 0 Å². The van der Waals surface area contributed by atoms with Gasteiger partial charge in [0.2, 0.25) is 11.8 Å². The van der Waals surface area contributed by atoms with E-state index in [1.165, 1.54) is 17.0 Å². The smallest absolute Gasteiger partial charge is 0.242 e. The van der Waals surface area contributed by atoms with Gasteiger partial charge < -0.3 is 10.2 Å². The minimum Gasteiger partial charge on any atom is -0.357 e. The van der Waals surface area contributed by atoms with Crippen LogP contribution in [0.1, 0.15) is 24.5 Å². The number of nitrogens with zero attached hydrogens (tertiary/aromatic N) is 1. The molecule has 2 amide bonds. The zero-order valence-corrected chi connectivity index (χ0v) is 14.5. The molecule has 0 spiro atoms. The third-order valence-electron chi connectivity index (χ3n) is 4.15. The van der Waals surface area contributed by atoms with Crippen molar-refractivity contribution in [1.82, 2.24) is 10.2 Å². The Bertz CT molecular complexity index is 701. The Labute approximate surface area is 147 Å². The Balaban J connectivity index is 2.10. The lowest BCUT2D eigenvalue weighted by Gasteiger charge is -2.28. The zero-order chi connectivity index (χ0) is 18.2. The van der Waals surface area contributed by atoms with Crippen LogP contribution in [0.5, 0.6) is 0 Å². The summed E-state index contributed by atoms with van der Waals surface area (Å²) in [5.74, 6) is -0.662. The molecular weight excluding hydrogens is 319 g/mol. The van der Waals surface area contributed by atoms with Gasteiger partial charge in [0.25, 0.3) is 0 Å². The number of aryl methyl sites for hydroxylation is 1. The summed E-state index contributed by atoms with van der Waals surface area (Å²) in [6.45, 7) is 1.96. The third kappa shape index (κ3) is 5.41. The Morgan fingerprint density at radius 1 is 1.04 bits per heavy atom. The maximum atomic E-state index is 13.1. The highest BCUT2D eigenvalue weighted by Crippen LogP contribution is 2.13. The number of carbonyl (C=O) groups excluding carboxylic acids is 2. The summed E-state index contributed by atoms with van der Waals surface area (Å²) in [6, 6.07) is 15.1. The van der Waals surface area contributed by atoms with Crippen molar-refractivity contribution in [3.8, 4) is 0 Å². The van der Waals surface area contributed by atoms with Gasteiger partial charge in [0.05, 0.1) is 0 Å². The first-order chi connectivity index (χ1) is 12.0. The van der Waals surface area contributed by atoms with Gasteiger partial charge in [0, 0.05) is 20.0 Å². The van der Waals surface area contributed by atoms with Crippen LogP contribution in [-0.2, 0) is 22.6 Å². The second-order valence-corrected chi connectivity index (χ2v) is 5.92. The Kier molecular flexibility index (Phi) is 6.69. The fraction of sp³-hybridized carbons (Fsp3) is 0.300. The van der Waals surface area contributed by atoms with Gasteiger partial charge in [-0.25, -0.2) is 4.39 Å². The van der Waals surface area contributed by atoms with Crippen molar-refractivity contribution in [2.45, 2.75) is 32.4 Å². The molecule has 4 nitrogen and oxygen atoms in total. The summed E-state index contributed by atoms with van der Waals surface area (Å²) < 4.78 is 13.1. The topological polar surface area (TPSA) is 49.4 Å². The van der Waals surface area contributed by atoms with Crippen LogP contribution in [0, 0.1) is 5.82 Å². The number of benzene rings is 2. The molecule has 0 saturated heterocycles. The van der Waals surface area contributed by atoms with Gasteiger partial charge in [0.15, 0.2) is 0 Å². The van der Waals surface area contributed by atoms with E-state index in [0.29, 0.717) is 12.8 Å². The summed E-state index contributed by atoms with van der Waals surface area (Å²) >= 11 is 0. The van der Waals surface area contributed by atoms with Crippen molar-refractivity contribution in [2.24, 2.45) is 0 Å².